The molecular weight excluding hydrogens is 798 g/mol. The maximum Gasteiger partial charge on any atom is 0.259 e. The van der Waals surface area contributed by atoms with Gasteiger partial charge >= 0.3 is 0 Å². The van der Waals surface area contributed by atoms with E-state index in [-0.39, 0.29) is 46.7 Å². The summed E-state index contributed by atoms with van der Waals surface area (Å²) < 4.78 is 68.5. The third kappa shape index (κ3) is 5.61. The maximum absolute atomic E-state index is 15.4. The Morgan fingerprint density at radius 3 is 2.11 bits per heavy atom. The van der Waals surface area contributed by atoms with Crippen molar-refractivity contribution in [2.24, 2.45) is 0 Å². The molecule has 2 aliphatic rings. The molecule has 2 N–H and O–H groups in total. The Kier molecular flexibility index (Phi) is 8.52. The van der Waals surface area contributed by atoms with Gasteiger partial charge in [-0.15, -0.1) is 0 Å². The zero-order valence-electron chi connectivity index (χ0n) is 28.2. The maximum atomic E-state index is 15.4. The van der Waals surface area contributed by atoms with Crippen LogP contribution in [0.2, 0.25) is 0 Å². The van der Waals surface area contributed by atoms with Gasteiger partial charge in [-0.2, -0.15) is 0 Å². The van der Waals surface area contributed by atoms with Crippen LogP contribution < -0.4 is 5.32 Å². The fourth-order valence-corrected chi connectivity index (χ4v) is 8.44. The molecule has 268 valence electrons. The van der Waals surface area contributed by atoms with Crippen LogP contribution in [0.25, 0.3) is 43.6 Å². The van der Waals surface area contributed by atoms with Crippen molar-refractivity contribution in [3.8, 4) is 0 Å². The van der Waals surface area contributed by atoms with Gasteiger partial charge in [0.2, 0.25) is 0 Å². The van der Waals surface area contributed by atoms with Crippen LogP contribution in [-0.2, 0) is 27.4 Å². The van der Waals surface area contributed by atoms with Gasteiger partial charge in [0, 0.05) is 44.0 Å². The molecule has 0 saturated carbocycles. The third-order valence-electron chi connectivity index (χ3n) is 10.3. The predicted octanol–water partition coefficient (Wildman–Crippen LogP) is 8.93. The molecule has 1 fully saturated rings. The minimum atomic E-state index is -1.12. The van der Waals surface area contributed by atoms with Crippen molar-refractivity contribution in [2.75, 3.05) is 4.43 Å². The third-order valence-corrected chi connectivity index (χ3v) is 11.3. The van der Waals surface area contributed by atoms with Crippen LogP contribution in [0.4, 0.5) is 13.2 Å². The topological polar surface area (TPSA) is 94.6 Å². The Morgan fingerprint density at radius 1 is 0.811 bits per heavy atom. The SMILES string of the molecule is Cc1cc2[nH]c3c(c4c(c5c6cc(F)c(F)cc6n(C6OC(CI)CC(OCc7ccccc7)C6OCc6ccccc6)c35)C(=O)NC4=O)c2cc1F. The molecule has 0 aliphatic carbocycles. The molecule has 0 spiro atoms. The summed E-state index contributed by atoms with van der Waals surface area (Å²) in [4.78, 5) is 30.6. The van der Waals surface area contributed by atoms with Gasteiger partial charge < -0.3 is 23.8 Å². The van der Waals surface area contributed by atoms with Crippen LogP contribution in [0.5, 0.6) is 0 Å². The molecule has 8 nitrogen and oxygen atoms in total. The molecule has 2 amide bonds. The first-order chi connectivity index (χ1) is 25.7. The number of nitrogens with one attached hydrogen (secondary N) is 2. The zero-order valence-corrected chi connectivity index (χ0v) is 30.4. The average molecular weight is 830 g/mol. The lowest BCUT2D eigenvalue weighted by molar-refractivity contribution is -0.224. The highest BCUT2D eigenvalue weighted by atomic mass is 127. The molecule has 2 aromatic heterocycles. The normalized spacial score (nSPS) is 20.2. The van der Waals surface area contributed by atoms with Crippen molar-refractivity contribution in [3.05, 3.63) is 130 Å². The summed E-state index contributed by atoms with van der Waals surface area (Å²) in [5.41, 5.74) is 3.74. The van der Waals surface area contributed by atoms with E-state index in [9.17, 15) is 9.59 Å². The van der Waals surface area contributed by atoms with E-state index in [0.29, 0.717) is 43.7 Å². The molecule has 0 bridgehead atoms. The molecule has 9 rings (SSSR count). The van der Waals surface area contributed by atoms with E-state index in [4.69, 9.17) is 14.2 Å². The lowest BCUT2D eigenvalue weighted by atomic mass is 9.96. The molecule has 53 heavy (non-hydrogen) atoms. The van der Waals surface area contributed by atoms with E-state index in [2.05, 4.69) is 32.9 Å². The molecule has 4 heterocycles. The number of H-pyrrole nitrogens is 1. The Labute approximate surface area is 314 Å². The molecule has 1 saturated heterocycles. The Balaban J connectivity index is 1.35. The number of carbonyl (C=O) groups is 2. The second-order valence-electron chi connectivity index (χ2n) is 13.6. The van der Waals surface area contributed by atoms with E-state index < -0.39 is 47.7 Å². The average Bonchev–Trinajstić information content (AvgIpc) is 3.78. The molecule has 5 aromatic carbocycles. The van der Waals surface area contributed by atoms with Crippen molar-refractivity contribution >= 4 is 78.0 Å². The van der Waals surface area contributed by atoms with Crippen LogP contribution in [0.15, 0.2) is 84.9 Å². The number of hydrogen-bond donors (Lipinski definition) is 2. The molecule has 2 aliphatic heterocycles. The van der Waals surface area contributed by atoms with Gasteiger partial charge in [-0.3, -0.25) is 14.9 Å². The minimum Gasteiger partial charge on any atom is -0.371 e. The Morgan fingerprint density at radius 2 is 1.43 bits per heavy atom. The molecule has 0 radical (unpaired) electrons. The van der Waals surface area contributed by atoms with Crippen molar-refractivity contribution < 1.29 is 37.0 Å². The smallest absolute Gasteiger partial charge is 0.259 e. The lowest BCUT2D eigenvalue weighted by Crippen LogP contribution is -2.48. The van der Waals surface area contributed by atoms with E-state index in [1.165, 1.54) is 6.07 Å². The highest BCUT2D eigenvalue weighted by Gasteiger charge is 2.44. The molecule has 7 aromatic rings. The van der Waals surface area contributed by atoms with Crippen LogP contribution in [0.1, 0.15) is 50.1 Å². The first-order valence-electron chi connectivity index (χ1n) is 17.2. The number of hydrogen-bond acceptors (Lipinski definition) is 5. The Hall–Kier alpha value is -4.76. The van der Waals surface area contributed by atoms with Gasteiger partial charge in [0.1, 0.15) is 11.9 Å². The van der Waals surface area contributed by atoms with Crippen LogP contribution >= 0.6 is 22.6 Å². The van der Waals surface area contributed by atoms with E-state index >= 15 is 13.2 Å². The number of nitrogens with zero attached hydrogens (tertiary/aromatic N) is 1. The van der Waals surface area contributed by atoms with Crippen LogP contribution in [0, 0.1) is 24.4 Å². The van der Waals surface area contributed by atoms with E-state index in [1.54, 1.807) is 17.6 Å². The molecule has 4 atom stereocenters. The quantitative estimate of drug-likeness (QED) is 0.0907. The number of imide groups is 1. The van der Waals surface area contributed by atoms with E-state index in [0.717, 1.165) is 23.3 Å². The van der Waals surface area contributed by atoms with Gasteiger partial charge in [-0.25, -0.2) is 13.2 Å². The van der Waals surface area contributed by atoms with Crippen molar-refractivity contribution in [1.82, 2.24) is 14.9 Å². The lowest BCUT2D eigenvalue weighted by Gasteiger charge is -2.42. The first kappa shape index (κ1) is 34.0. The standard InChI is InChI=1S/C41H31F3IN3O5/c1-20-12-29-24(14-26(20)42)32-34-35(40(50)47-39(34)49)33-25-15-27(43)28(44)16-30(25)48(37(33)36(32)46-29)41-38(52-19-22-10-6-3-7-11-22)31(13-23(17-45)53-41)51-18-21-8-4-2-5-9-21/h2-12,14-16,23,31,38,41,46H,13,17-19H2,1H3,(H,47,49,50). The highest BCUT2D eigenvalue weighted by molar-refractivity contribution is 14.1. The number of rotatable bonds is 8. The highest BCUT2D eigenvalue weighted by Crippen LogP contribution is 2.47. The summed E-state index contributed by atoms with van der Waals surface area (Å²) in [6.07, 6.45) is -2.18. The number of benzene rings is 5. The summed E-state index contributed by atoms with van der Waals surface area (Å²) in [6.45, 7) is 2.11. The van der Waals surface area contributed by atoms with Gasteiger partial charge in [-0.05, 0) is 41.8 Å². The summed E-state index contributed by atoms with van der Waals surface area (Å²) in [7, 11) is 0. The predicted molar refractivity (Wildman–Crippen MR) is 203 cm³/mol. The number of amides is 2. The number of aromatic amines is 1. The van der Waals surface area contributed by atoms with Crippen molar-refractivity contribution in [3.63, 3.8) is 0 Å². The summed E-state index contributed by atoms with van der Waals surface area (Å²) in [5, 5.41) is 3.52. The summed E-state index contributed by atoms with van der Waals surface area (Å²) in [5.74, 6) is -4.09. The molecular formula is C41H31F3IN3O5. The number of ether oxygens (including phenoxy) is 3. The number of alkyl halides is 1. The fourth-order valence-electron chi connectivity index (χ4n) is 7.87. The number of halogens is 4. The summed E-state index contributed by atoms with van der Waals surface area (Å²) in [6, 6.07) is 24.5. The number of carbonyl (C=O) groups excluding carboxylic acids is 2. The number of aromatic nitrogens is 2. The van der Waals surface area contributed by atoms with Gasteiger partial charge in [0.25, 0.3) is 11.8 Å². The van der Waals surface area contributed by atoms with Crippen LogP contribution in [0.3, 0.4) is 0 Å². The largest absolute Gasteiger partial charge is 0.371 e. The zero-order chi connectivity index (χ0) is 36.5. The number of aryl methyl sites for hydroxylation is 1. The van der Waals surface area contributed by atoms with E-state index in [1.807, 2.05) is 60.7 Å². The van der Waals surface area contributed by atoms with Gasteiger partial charge in [0.05, 0.1) is 53.1 Å². The molecule has 4 unspecified atom stereocenters. The number of fused-ring (bicyclic) bond motifs is 10. The van der Waals surface area contributed by atoms with Crippen molar-refractivity contribution in [2.45, 2.75) is 51.1 Å². The summed E-state index contributed by atoms with van der Waals surface area (Å²) >= 11 is 2.25. The van der Waals surface area contributed by atoms with Gasteiger partial charge in [0.15, 0.2) is 17.9 Å². The van der Waals surface area contributed by atoms with Gasteiger partial charge in [-0.1, -0.05) is 83.3 Å². The monoisotopic (exact) mass is 829 g/mol. The van der Waals surface area contributed by atoms with Crippen LogP contribution in [-0.4, -0.2) is 44.1 Å². The fraction of sp³-hybridized carbons (Fsp3) is 0.220. The second-order valence-corrected chi connectivity index (χ2v) is 14.4. The first-order valence-corrected chi connectivity index (χ1v) is 18.7. The molecule has 12 heteroatoms. The minimum absolute atomic E-state index is 0.00553. The Bertz CT molecular complexity index is 2610. The second kappa shape index (κ2) is 13.3. The van der Waals surface area contributed by atoms with Crippen molar-refractivity contribution in [1.29, 1.82) is 0 Å².